The molecule has 180 valence electrons. The number of methoxy groups -OCH3 is 3. The lowest BCUT2D eigenvalue weighted by Gasteiger charge is -2.35. The molecule has 9 heteroatoms. The van der Waals surface area contributed by atoms with Crippen LogP contribution in [0.25, 0.3) is 0 Å². The van der Waals surface area contributed by atoms with Crippen molar-refractivity contribution in [1.29, 1.82) is 0 Å². The lowest BCUT2D eigenvalue weighted by Crippen LogP contribution is -2.39. The van der Waals surface area contributed by atoms with Crippen LogP contribution in [0.5, 0.6) is 17.2 Å². The SMILES string of the molecule is COc1cc(OC)c(C2C3=C(OC4CCCCC4C3=O)C(=O)N2c2nc(C)c(C)s2)cc1OC. The Bertz CT molecular complexity index is 1180. The highest BCUT2D eigenvalue weighted by molar-refractivity contribution is 7.15. The first-order valence-electron chi connectivity index (χ1n) is 11.4. The number of aromatic nitrogens is 1. The number of carbonyl (C=O) groups is 2. The van der Waals surface area contributed by atoms with Gasteiger partial charge in [-0.2, -0.15) is 0 Å². The third-order valence-corrected chi connectivity index (χ3v) is 8.09. The smallest absolute Gasteiger partial charge is 0.296 e. The molecule has 0 radical (unpaired) electrons. The van der Waals surface area contributed by atoms with E-state index in [4.69, 9.17) is 18.9 Å². The fraction of sp³-hybridized carbons (Fsp3) is 0.480. The molecule has 0 saturated heterocycles. The van der Waals surface area contributed by atoms with E-state index in [0.29, 0.717) is 33.5 Å². The summed E-state index contributed by atoms with van der Waals surface area (Å²) in [6.07, 6.45) is 3.26. The maximum atomic E-state index is 13.9. The zero-order valence-corrected chi connectivity index (χ0v) is 20.8. The fourth-order valence-electron chi connectivity index (χ4n) is 5.16. The largest absolute Gasteiger partial charge is 0.496 e. The Hall–Kier alpha value is -3.07. The average molecular weight is 485 g/mol. The van der Waals surface area contributed by atoms with Gasteiger partial charge in [0.05, 0.1) is 38.5 Å². The Kier molecular flexibility index (Phi) is 5.75. The zero-order valence-electron chi connectivity index (χ0n) is 20.0. The second-order valence-electron chi connectivity index (χ2n) is 8.82. The molecule has 3 unspecified atom stereocenters. The van der Waals surface area contributed by atoms with Gasteiger partial charge in [0.2, 0.25) is 0 Å². The van der Waals surface area contributed by atoms with E-state index in [1.807, 2.05) is 13.8 Å². The molecule has 5 rings (SSSR count). The second kappa shape index (κ2) is 8.61. The van der Waals surface area contributed by atoms with Gasteiger partial charge in [-0.15, -0.1) is 11.3 Å². The first kappa shape index (κ1) is 22.7. The summed E-state index contributed by atoms with van der Waals surface area (Å²) in [6.45, 7) is 3.87. The van der Waals surface area contributed by atoms with Gasteiger partial charge in [-0.1, -0.05) is 6.42 Å². The number of hydrogen-bond acceptors (Lipinski definition) is 8. The maximum absolute atomic E-state index is 13.9. The quantitative estimate of drug-likeness (QED) is 0.626. The van der Waals surface area contributed by atoms with E-state index in [0.717, 1.165) is 36.3 Å². The standard InChI is InChI=1S/C25H28N2O6S/c1-12-13(2)34-25(26-12)27-21(15-10-18(31-4)19(32-5)11-17(15)30-3)20-22(28)14-8-6-7-9-16(14)33-23(20)24(27)29/h10-11,14,16,21H,6-9H2,1-5H3. The van der Waals surface area contributed by atoms with E-state index in [-0.39, 0.29) is 29.5 Å². The second-order valence-corrected chi connectivity index (χ2v) is 10.0. The van der Waals surface area contributed by atoms with E-state index in [9.17, 15) is 9.59 Å². The van der Waals surface area contributed by atoms with Gasteiger partial charge in [-0.25, -0.2) is 4.98 Å². The number of Topliss-reactive ketones (excluding diaryl/α,β-unsaturated/α-hetero) is 1. The van der Waals surface area contributed by atoms with Crippen LogP contribution in [-0.4, -0.2) is 44.1 Å². The highest BCUT2D eigenvalue weighted by atomic mass is 32.1. The average Bonchev–Trinajstić information content (AvgIpc) is 3.33. The van der Waals surface area contributed by atoms with Crippen molar-refractivity contribution in [2.45, 2.75) is 51.7 Å². The number of anilines is 1. The van der Waals surface area contributed by atoms with Crippen molar-refractivity contribution in [2.24, 2.45) is 5.92 Å². The van der Waals surface area contributed by atoms with Gasteiger partial charge in [0.1, 0.15) is 17.9 Å². The van der Waals surface area contributed by atoms with Crippen LogP contribution in [0.3, 0.4) is 0 Å². The van der Waals surface area contributed by atoms with Gasteiger partial charge in [-0.3, -0.25) is 14.5 Å². The monoisotopic (exact) mass is 484 g/mol. The Balaban J connectivity index is 1.73. The molecular formula is C25H28N2O6S. The van der Waals surface area contributed by atoms with Gasteiger partial charge in [-0.05, 0) is 39.2 Å². The highest BCUT2D eigenvalue weighted by Crippen LogP contribution is 2.52. The van der Waals surface area contributed by atoms with E-state index in [1.165, 1.54) is 11.3 Å². The van der Waals surface area contributed by atoms with Crippen LogP contribution < -0.4 is 19.1 Å². The molecule has 0 spiro atoms. The van der Waals surface area contributed by atoms with Crippen molar-refractivity contribution in [3.8, 4) is 17.2 Å². The summed E-state index contributed by atoms with van der Waals surface area (Å²) in [5.41, 5.74) is 1.84. The maximum Gasteiger partial charge on any atom is 0.296 e. The lowest BCUT2D eigenvalue weighted by atomic mass is 9.77. The third-order valence-electron chi connectivity index (χ3n) is 7.02. The number of thiazole rings is 1. The summed E-state index contributed by atoms with van der Waals surface area (Å²) in [5, 5.41) is 0.524. The van der Waals surface area contributed by atoms with Crippen molar-refractivity contribution in [2.75, 3.05) is 26.2 Å². The molecule has 1 aliphatic carbocycles. The molecule has 3 heterocycles. The van der Waals surface area contributed by atoms with Crippen molar-refractivity contribution < 1.29 is 28.5 Å². The highest BCUT2D eigenvalue weighted by Gasteiger charge is 2.54. The van der Waals surface area contributed by atoms with Crippen LogP contribution in [0.15, 0.2) is 23.5 Å². The molecular weight excluding hydrogens is 456 g/mol. The molecule has 1 aromatic carbocycles. The number of ether oxygens (including phenoxy) is 4. The minimum absolute atomic E-state index is 0.0198. The molecule has 34 heavy (non-hydrogen) atoms. The van der Waals surface area contributed by atoms with E-state index >= 15 is 0 Å². The summed E-state index contributed by atoms with van der Waals surface area (Å²) in [5.74, 6) is 0.988. The topological polar surface area (TPSA) is 87.2 Å². The predicted molar refractivity (Wildman–Crippen MR) is 127 cm³/mol. The molecule has 3 atom stereocenters. The normalized spacial score (nSPS) is 24.0. The zero-order chi connectivity index (χ0) is 24.1. The number of amides is 1. The van der Waals surface area contributed by atoms with Gasteiger partial charge in [0.15, 0.2) is 28.2 Å². The number of fused-ring (bicyclic) bond motifs is 1. The molecule has 1 amide bonds. The molecule has 1 aromatic heterocycles. The lowest BCUT2D eigenvalue weighted by molar-refractivity contribution is -0.131. The van der Waals surface area contributed by atoms with Gasteiger partial charge in [0.25, 0.3) is 5.91 Å². The Morgan fingerprint density at radius 2 is 1.68 bits per heavy atom. The Morgan fingerprint density at radius 1 is 1.00 bits per heavy atom. The number of carbonyl (C=O) groups excluding carboxylic acids is 2. The van der Waals surface area contributed by atoms with E-state index in [1.54, 1.807) is 38.4 Å². The summed E-state index contributed by atoms with van der Waals surface area (Å²) in [7, 11) is 4.65. The molecule has 1 fully saturated rings. The minimum atomic E-state index is -0.738. The van der Waals surface area contributed by atoms with Crippen LogP contribution >= 0.6 is 11.3 Å². The third kappa shape index (κ3) is 3.36. The molecule has 2 aromatic rings. The summed E-state index contributed by atoms with van der Waals surface area (Å²) in [6, 6.07) is 2.75. The first-order chi connectivity index (χ1) is 16.4. The summed E-state index contributed by atoms with van der Waals surface area (Å²) >= 11 is 1.42. The van der Waals surface area contributed by atoms with E-state index < -0.39 is 6.04 Å². The predicted octanol–water partition coefficient (Wildman–Crippen LogP) is 4.29. The van der Waals surface area contributed by atoms with Gasteiger partial charge in [0, 0.05) is 16.5 Å². The van der Waals surface area contributed by atoms with Crippen molar-refractivity contribution in [1.82, 2.24) is 4.98 Å². The number of benzene rings is 1. The van der Waals surface area contributed by atoms with Gasteiger partial charge >= 0.3 is 0 Å². The molecule has 1 saturated carbocycles. The minimum Gasteiger partial charge on any atom is -0.496 e. The molecule has 2 aliphatic heterocycles. The van der Waals surface area contributed by atoms with E-state index in [2.05, 4.69) is 4.98 Å². The number of ketones is 1. The number of aryl methyl sites for hydroxylation is 2. The molecule has 0 N–H and O–H groups in total. The number of rotatable bonds is 5. The summed E-state index contributed by atoms with van der Waals surface area (Å²) in [4.78, 5) is 34.9. The van der Waals surface area contributed by atoms with Crippen LogP contribution in [-0.2, 0) is 14.3 Å². The van der Waals surface area contributed by atoms with Crippen LogP contribution in [0.4, 0.5) is 5.13 Å². The summed E-state index contributed by atoms with van der Waals surface area (Å²) < 4.78 is 23.0. The number of nitrogens with zero attached hydrogens (tertiary/aromatic N) is 2. The Morgan fingerprint density at radius 3 is 2.32 bits per heavy atom. The molecule has 0 bridgehead atoms. The van der Waals surface area contributed by atoms with Crippen LogP contribution in [0, 0.1) is 19.8 Å². The van der Waals surface area contributed by atoms with Gasteiger partial charge < -0.3 is 18.9 Å². The van der Waals surface area contributed by atoms with Crippen LogP contribution in [0.1, 0.15) is 47.9 Å². The van der Waals surface area contributed by atoms with Crippen molar-refractivity contribution in [3.63, 3.8) is 0 Å². The van der Waals surface area contributed by atoms with Crippen molar-refractivity contribution in [3.05, 3.63) is 39.6 Å². The van der Waals surface area contributed by atoms with Crippen molar-refractivity contribution >= 4 is 28.2 Å². The first-order valence-corrected chi connectivity index (χ1v) is 12.2. The number of hydrogen-bond donors (Lipinski definition) is 0. The Labute approximate surface area is 202 Å². The molecule has 8 nitrogen and oxygen atoms in total. The fourth-order valence-corrected chi connectivity index (χ4v) is 6.10. The van der Waals surface area contributed by atoms with Crippen LogP contribution in [0.2, 0.25) is 0 Å². The molecule has 3 aliphatic rings.